The van der Waals surface area contributed by atoms with Crippen molar-refractivity contribution in [2.24, 2.45) is 5.92 Å². The lowest BCUT2D eigenvalue weighted by molar-refractivity contribution is 0.405. The Labute approximate surface area is 149 Å². The van der Waals surface area contributed by atoms with Gasteiger partial charge in [-0.3, -0.25) is 0 Å². The largest absolute Gasteiger partial charge is 0.0654 e. The normalized spacial score (nSPS) is 12.7. The van der Waals surface area contributed by atoms with Gasteiger partial charge in [0, 0.05) is 0 Å². The summed E-state index contributed by atoms with van der Waals surface area (Å²) in [5.74, 6) is 0.912. The molecule has 0 fully saturated rings. The first-order valence-electron chi connectivity index (χ1n) is 11.1. The summed E-state index contributed by atoms with van der Waals surface area (Å²) in [6, 6.07) is 0. The molecule has 0 saturated carbocycles. The molecule has 0 aliphatic heterocycles. The van der Waals surface area contributed by atoms with Crippen molar-refractivity contribution in [3.05, 3.63) is 6.92 Å². The Hall–Kier alpha value is 0. The van der Waals surface area contributed by atoms with E-state index in [1.165, 1.54) is 116 Å². The van der Waals surface area contributed by atoms with Crippen LogP contribution in [0.4, 0.5) is 0 Å². The Morgan fingerprint density at radius 2 is 0.783 bits per heavy atom. The molecule has 0 aromatic heterocycles. The van der Waals surface area contributed by atoms with Crippen LogP contribution in [0.3, 0.4) is 0 Å². The third-order valence-corrected chi connectivity index (χ3v) is 5.34. The van der Waals surface area contributed by atoms with E-state index < -0.39 is 0 Å². The monoisotopic (exact) mass is 323 g/mol. The molecular weight excluding hydrogens is 276 g/mol. The van der Waals surface area contributed by atoms with Crippen molar-refractivity contribution in [3.8, 4) is 0 Å². The minimum atomic E-state index is 0.912. The quantitative estimate of drug-likeness (QED) is 0.208. The second-order valence-corrected chi connectivity index (χ2v) is 7.68. The van der Waals surface area contributed by atoms with E-state index in [4.69, 9.17) is 0 Å². The highest BCUT2D eigenvalue weighted by atomic mass is 14.1. The van der Waals surface area contributed by atoms with Crippen LogP contribution < -0.4 is 0 Å². The van der Waals surface area contributed by atoms with E-state index >= 15 is 0 Å². The lowest BCUT2D eigenvalue weighted by Gasteiger charge is -2.14. The van der Waals surface area contributed by atoms with E-state index in [-0.39, 0.29) is 0 Å². The van der Waals surface area contributed by atoms with Gasteiger partial charge in [0.05, 0.1) is 0 Å². The van der Waals surface area contributed by atoms with Crippen molar-refractivity contribution in [3.63, 3.8) is 0 Å². The Morgan fingerprint density at radius 3 is 1.09 bits per heavy atom. The van der Waals surface area contributed by atoms with Gasteiger partial charge >= 0.3 is 0 Å². The first kappa shape index (κ1) is 23.0. The standard InChI is InChI=1S/C23H47/c1-4-7-9-11-12-13-14-15-16-18-20-22-23(6-3)21-19-17-10-8-5-2/h23H,3-22H2,1-2H3. The zero-order chi connectivity index (χ0) is 17.0. The smallest absolute Gasteiger partial charge is 0.0414 e. The van der Waals surface area contributed by atoms with Crippen LogP contribution in [0.15, 0.2) is 0 Å². The van der Waals surface area contributed by atoms with Gasteiger partial charge in [0.25, 0.3) is 0 Å². The van der Waals surface area contributed by atoms with Gasteiger partial charge in [-0.15, -0.1) is 0 Å². The SMILES string of the molecule is [CH2]CC(CCCCCCC)CCCCCCCCCCCCC. The van der Waals surface area contributed by atoms with Crippen LogP contribution in [-0.4, -0.2) is 0 Å². The third-order valence-electron chi connectivity index (χ3n) is 5.34. The summed E-state index contributed by atoms with van der Waals surface area (Å²) >= 11 is 0. The summed E-state index contributed by atoms with van der Waals surface area (Å²) in [5, 5.41) is 0. The molecule has 139 valence electrons. The van der Waals surface area contributed by atoms with Crippen LogP contribution in [0.5, 0.6) is 0 Å². The fourth-order valence-electron chi connectivity index (χ4n) is 3.57. The molecule has 0 heteroatoms. The fraction of sp³-hybridized carbons (Fsp3) is 0.957. The van der Waals surface area contributed by atoms with E-state index in [9.17, 15) is 0 Å². The maximum absolute atomic E-state index is 4.17. The summed E-state index contributed by atoms with van der Waals surface area (Å²) in [7, 11) is 0. The Bertz CT molecular complexity index is 196. The minimum absolute atomic E-state index is 0.912. The highest BCUT2D eigenvalue weighted by Crippen LogP contribution is 2.21. The van der Waals surface area contributed by atoms with Crippen LogP contribution in [0.1, 0.15) is 136 Å². The molecule has 0 nitrogen and oxygen atoms in total. The van der Waals surface area contributed by atoms with Crippen LogP contribution in [-0.2, 0) is 0 Å². The van der Waals surface area contributed by atoms with Gasteiger partial charge in [-0.05, 0) is 5.92 Å². The molecule has 1 atom stereocenters. The third kappa shape index (κ3) is 18.2. The first-order valence-corrected chi connectivity index (χ1v) is 11.1. The average Bonchev–Trinajstić information content (AvgIpc) is 2.57. The average molecular weight is 324 g/mol. The number of hydrogen-bond donors (Lipinski definition) is 0. The lowest BCUT2D eigenvalue weighted by atomic mass is 9.92. The van der Waals surface area contributed by atoms with Gasteiger partial charge in [-0.1, -0.05) is 143 Å². The van der Waals surface area contributed by atoms with Crippen LogP contribution in [0.25, 0.3) is 0 Å². The van der Waals surface area contributed by atoms with Gasteiger partial charge in [0.2, 0.25) is 0 Å². The molecule has 0 amide bonds. The molecule has 0 aliphatic rings. The molecular formula is C23H47. The van der Waals surface area contributed by atoms with Gasteiger partial charge in [0.1, 0.15) is 0 Å². The molecule has 0 rings (SSSR count). The molecule has 0 spiro atoms. The zero-order valence-electron chi connectivity index (χ0n) is 16.7. The molecule has 0 aromatic carbocycles. The van der Waals surface area contributed by atoms with Gasteiger partial charge < -0.3 is 0 Å². The number of unbranched alkanes of at least 4 members (excludes halogenated alkanes) is 14. The molecule has 1 radical (unpaired) electrons. The summed E-state index contributed by atoms with van der Waals surface area (Å²) in [6.45, 7) is 8.77. The maximum atomic E-state index is 4.17. The Balaban J connectivity index is 3.24. The van der Waals surface area contributed by atoms with Gasteiger partial charge in [-0.25, -0.2) is 0 Å². The Kier molecular flexibility index (Phi) is 20.0. The van der Waals surface area contributed by atoms with Crippen LogP contribution in [0.2, 0.25) is 0 Å². The molecule has 23 heavy (non-hydrogen) atoms. The Morgan fingerprint density at radius 1 is 0.478 bits per heavy atom. The number of hydrogen-bond acceptors (Lipinski definition) is 0. The summed E-state index contributed by atoms with van der Waals surface area (Å²) in [5.41, 5.74) is 0. The number of rotatable bonds is 19. The van der Waals surface area contributed by atoms with E-state index in [1.807, 2.05) is 0 Å². The topological polar surface area (TPSA) is 0 Å². The lowest BCUT2D eigenvalue weighted by Crippen LogP contribution is -1.99. The summed E-state index contributed by atoms with van der Waals surface area (Å²) in [6.07, 6.45) is 27.2. The van der Waals surface area contributed by atoms with Gasteiger partial charge in [-0.2, -0.15) is 0 Å². The predicted octanol–water partition coefficient (Wildman–Crippen LogP) is 8.89. The molecule has 0 aliphatic carbocycles. The zero-order valence-corrected chi connectivity index (χ0v) is 16.7. The van der Waals surface area contributed by atoms with Crippen molar-refractivity contribution in [1.29, 1.82) is 0 Å². The predicted molar refractivity (Wildman–Crippen MR) is 108 cm³/mol. The van der Waals surface area contributed by atoms with E-state index in [0.29, 0.717) is 0 Å². The molecule has 0 saturated heterocycles. The van der Waals surface area contributed by atoms with Crippen molar-refractivity contribution in [2.75, 3.05) is 0 Å². The minimum Gasteiger partial charge on any atom is -0.0654 e. The first-order chi connectivity index (χ1) is 11.3. The van der Waals surface area contributed by atoms with Crippen molar-refractivity contribution < 1.29 is 0 Å². The molecule has 0 heterocycles. The van der Waals surface area contributed by atoms with Gasteiger partial charge in [0.15, 0.2) is 0 Å². The van der Waals surface area contributed by atoms with Crippen molar-refractivity contribution >= 4 is 0 Å². The molecule has 0 bridgehead atoms. The van der Waals surface area contributed by atoms with Crippen LogP contribution in [0, 0.1) is 12.8 Å². The summed E-state index contributed by atoms with van der Waals surface area (Å²) in [4.78, 5) is 0. The summed E-state index contributed by atoms with van der Waals surface area (Å²) < 4.78 is 0. The van der Waals surface area contributed by atoms with E-state index in [0.717, 1.165) is 12.3 Å². The van der Waals surface area contributed by atoms with E-state index in [1.54, 1.807) is 0 Å². The highest BCUT2D eigenvalue weighted by molar-refractivity contribution is 4.62. The van der Waals surface area contributed by atoms with Crippen LogP contribution >= 0.6 is 0 Å². The molecule has 0 aromatic rings. The second kappa shape index (κ2) is 20.0. The highest BCUT2D eigenvalue weighted by Gasteiger charge is 2.05. The fourth-order valence-corrected chi connectivity index (χ4v) is 3.57. The molecule has 1 unspecified atom stereocenters. The molecule has 0 N–H and O–H groups in total. The maximum Gasteiger partial charge on any atom is -0.0414 e. The second-order valence-electron chi connectivity index (χ2n) is 7.68. The van der Waals surface area contributed by atoms with Crippen molar-refractivity contribution in [1.82, 2.24) is 0 Å². The van der Waals surface area contributed by atoms with Crippen molar-refractivity contribution in [2.45, 2.75) is 136 Å². The van der Waals surface area contributed by atoms with E-state index in [2.05, 4.69) is 20.8 Å².